The fraction of sp³-hybridized carbons (Fsp3) is 0.902. The molecule has 0 aliphatic heterocycles. The summed E-state index contributed by atoms with van der Waals surface area (Å²) in [6.45, 7) is 12.4. The number of nitrogen functional groups attached to an aromatic ring is 1. The highest BCUT2D eigenvalue weighted by Crippen LogP contribution is 2.19. The highest BCUT2D eigenvalue weighted by molar-refractivity contribution is 5.99. The van der Waals surface area contributed by atoms with Crippen molar-refractivity contribution in [2.24, 2.45) is 4.99 Å². The lowest BCUT2D eigenvalue weighted by Crippen LogP contribution is -2.28. The van der Waals surface area contributed by atoms with E-state index in [9.17, 15) is 14.8 Å². The van der Waals surface area contributed by atoms with Crippen LogP contribution in [0, 0.1) is 0 Å². The summed E-state index contributed by atoms with van der Waals surface area (Å²) in [6, 6.07) is 0. The molecule has 0 bridgehead atoms. The number of hydrogen-bond acceptors (Lipinski definition) is 11. The first-order chi connectivity index (χ1) is 30.9. The molecule has 0 spiro atoms. The van der Waals surface area contributed by atoms with Crippen LogP contribution in [0.1, 0.15) is 258 Å². The van der Waals surface area contributed by atoms with Crippen LogP contribution in [0.3, 0.4) is 0 Å². The number of nitrogens with zero attached hydrogens (tertiary/aromatic N) is 4. The van der Waals surface area contributed by atoms with Crippen LogP contribution in [0.15, 0.2) is 9.62 Å². The van der Waals surface area contributed by atoms with Crippen molar-refractivity contribution < 1.29 is 28.9 Å². The molecule has 1 atom stereocenters. The molecule has 1 heterocycles. The number of anilines is 1. The smallest absolute Gasteiger partial charge is 0.306 e. The van der Waals surface area contributed by atoms with E-state index in [0.29, 0.717) is 25.5 Å². The van der Waals surface area contributed by atoms with Crippen LogP contribution in [-0.4, -0.2) is 84.0 Å². The SMILES string of the molecule is CCCCCCCCC(CC)OC.CCCCCCCCC(CCCCCCCC)OC(=O)CCCCCCCN(CCCCCCCC=O)CCCN=C(NO)c1nonc1N. The first kappa shape index (κ1) is 60.4. The van der Waals surface area contributed by atoms with Crippen molar-refractivity contribution >= 4 is 23.9 Å². The fourth-order valence-corrected chi connectivity index (χ4v) is 8.02. The molecule has 1 rings (SSSR count). The van der Waals surface area contributed by atoms with Crippen molar-refractivity contribution in [1.29, 1.82) is 0 Å². The maximum Gasteiger partial charge on any atom is 0.306 e. The number of amidine groups is 1. The van der Waals surface area contributed by atoms with E-state index in [1.165, 1.54) is 128 Å². The zero-order chi connectivity index (χ0) is 46.3. The third-order valence-corrected chi connectivity index (χ3v) is 12.1. The second kappa shape index (κ2) is 47.4. The van der Waals surface area contributed by atoms with Crippen LogP contribution >= 0.6 is 0 Å². The van der Waals surface area contributed by atoms with Crippen LogP contribution in [0.25, 0.3) is 0 Å². The summed E-state index contributed by atoms with van der Waals surface area (Å²) in [5.74, 6) is 0.225. The van der Waals surface area contributed by atoms with Gasteiger partial charge in [-0.3, -0.25) is 20.5 Å². The number of unbranched alkanes of at least 4 members (excludes halogenated alkanes) is 24. The Morgan fingerprint density at radius 2 is 1.13 bits per heavy atom. The first-order valence-corrected chi connectivity index (χ1v) is 26.3. The van der Waals surface area contributed by atoms with Crippen LogP contribution in [0.4, 0.5) is 5.82 Å². The third-order valence-electron chi connectivity index (χ3n) is 12.1. The van der Waals surface area contributed by atoms with E-state index in [-0.39, 0.29) is 29.4 Å². The lowest BCUT2D eigenvalue weighted by molar-refractivity contribution is -0.150. The van der Waals surface area contributed by atoms with Gasteiger partial charge in [-0.1, -0.05) is 169 Å². The van der Waals surface area contributed by atoms with Gasteiger partial charge in [-0.05, 0) is 101 Å². The topological polar surface area (TPSA) is 165 Å². The molecule has 0 fully saturated rings. The highest BCUT2D eigenvalue weighted by atomic mass is 16.6. The normalized spacial score (nSPS) is 12.2. The monoisotopic (exact) mass is 893 g/mol. The van der Waals surface area contributed by atoms with Gasteiger partial charge in [0.2, 0.25) is 0 Å². The Kier molecular flexibility index (Phi) is 45.5. The molecule has 1 aromatic heterocycles. The van der Waals surface area contributed by atoms with Crippen molar-refractivity contribution in [2.45, 2.75) is 265 Å². The molecule has 0 saturated heterocycles. The molecule has 0 aliphatic rings. The molecule has 63 heavy (non-hydrogen) atoms. The van der Waals surface area contributed by atoms with E-state index >= 15 is 0 Å². The van der Waals surface area contributed by atoms with Gasteiger partial charge in [0.1, 0.15) is 12.4 Å². The molecule has 12 heteroatoms. The number of ether oxygens (including phenoxy) is 2. The number of rotatable bonds is 45. The lowest BCUT2D eigenvalue weighted by atomic mass is 10.0. The Hall–Kier alpha value is -2.57. The predicted octanol–water partition coefficient (Wildman–Crippen LogP) is 13.5. The van der Waals surface area contributed by atoms with E-state index in [2.05, 4.69) is 52.5 Å². The molecule has 0 radical (unpaired) electrons. The molecule has 12 nitrogen and oxygen atoms in total. The molecule has 0 aliphatic carbocycles. The number of nitrogens with two attached hydrogens (primary N) is 1. The Morgan fingerprint density at radius 3 is 1.59 bits per heavy atom. The average molecular weight is 893 g/mol. The number of hydrogen-bond donors (Lipinski definition) is 3. The van der Waals surface area contributed by atoms with E-state index in [1.807, 2.05) is 12.6 Å². The molecule has 4 N–H and O–H groups in total. The number of nitrogens with one attached hydrogen (secondary N) is 1. The molecule has 0 amide bonds. The largest absolute Gasteiger partial charge is 0.462 e. The molecule has 1 unspecified atom stereocenters. The van der Waals surface area contributed by atoms with Gasteiger partial charge in [0.05, 0.1) is 6.10 Å². The van der Waals surface area contributed by atoms with Crippen LogP contribution < -0.4 is 11.2 Å². The quantitative estimate of drug-likeness (QED) is 0.0142. The number of aliphatic imine (C=N–C) groups is 1. The summed E-state index contributed by atoms with van der Waals surface area (Å²) in [5, 5.41) is 16.7. The molecule has 1 aromatic rings. The van der Waals surface area contributed by atoms with Gasteiger partial charge in [-0.15, -0.1) is 0 Å². The van der Waals surface area contributed by atoms with Gasteiger partial charge in [-0.25, -0.2) is 4.63 Å². The van der Waals surface area contributed by atoms with E-state index in [0.717, 1.165) is 109 Å². The summed E-state index contributed by atoms with van der Waals surface area (Å²) >= 11 is 0. The summed E-state index contributed by atoms with van der Waals surface area (Å²) in [4.78, 5) is 30.2. The van der Waals surface area contributed by atoms with Crippen molar-refractivity contribution in [3.05, 3.63) is 5.69 Å². The number of esters is 1. The number of methoxy groups -OCH3 is 1. The number of aromatic nitrogens is 2. The van der Waals surface area contributed by atoms with E-state index < -0.39 is 0 Å². The van der Waals surface area contributed by atoms with Gasteiger partial charge in [0.15, 0.2) is 17.3 Å². The van der Waals surface area contributed by atoms with E-state index in [4.69, 9.17) is 15.2 Å². The Bertz CT molecular complexity index is 1130. The molecule has 370 valence electrons. The number of carbonyl (C=O) groups excluding carboxylic acids is 2. The Balaban J connectivity index is 0.00000253. The summed E-state index contributed by atoms with van der Waals surface area (Å²) in [7, 11) is 1.82. The molecular formula is C51H100N6O6. The summed E-state index contributed by atoms with van der Waals surface area (Å²) in [6.07, 6.45) is 42.5. The second-order valence-electron chi connectivity index (χ2n) is 17.8. The lowest BCUT2D eigenvalue weighted by Gasteiger charge is -2.22. The standard InChI is InChI=1S/C39H74N6O5.C12H26O/c1-3-5-7-9-14-20-27-35(28-21-15-10-8-6-4-2)49-36(47)29-22-16-13-18-24-32-45(31-23-17-11-12-19-25-34-46)33-26-30-41-39(42-48)37-38(40)44-50-43-37;1-4-6-7-8-9-10-11-12(5-2)13-3/h34-35,48H,3-33H2,1-2H3,(H2,40,44)(H,41,42);12H,4-11H2,1-3H3. The maximum absolute atomic E-state index is 12.8. The molecular weight excluding hydrogens is 793 g/mol. The third kappa shape index (κ3) is 38.4. The first-order valence-electron chi connectivity index (χ1n) is 26.3. The number of carbonyl (C=O) groups is 2. The Morgan fingerprint density at radius 1 is 0.667 bits per heavy atom. The maximum atomic E-state index is 12.8. The number of aldehydes is 1. The predicted molar refractivity (Wildman–Crippen MR) is 263 cm³/mol. The zero-order valence-electron chi connectivity index (χ0n) is 41.7. The van der Waals surface area contributed by atoms with Crippen LogP contribution in [-0.2, 0) is 19.1 Å². The van der Waals surface area contributed by atoms with Crippen molar-refractivity contribution in [3.63, 3.8) is 0 Å². The highest BCUT2D eigenvalue weighted by Gasteiger charge is 2.15. The minimum Gasteiger partial charge on any atom is -0.462 e. The van der Waals surface area contributed by atoms with Crippen LogP contribution in [0.2, 0.25) is 0 Å². The summed E-state index contributed by atoms with van der Waals surface area (Å²) in [5.41, 5.74) is 7.97. The summed E-state index contributed by atoms with van der Waals surface area (Å²) < 4.78 is 16.0. The molecule has 0 aromatic carbocycles. The number of hydroxylamine groups is 1. The van der Waals surface area contributed by atoms with Gasteiger partial charge in [0.25, 0.3) is 0 Å². The van der Waals surface area contributed by atoms with Crippen LogP contribution in [0.5, 0.6) is 0 Å². The molecule has 0 saturated carbocycles. The minimum atomic E-state index is -0.00554. The minimum absolute atomic E-state index is 0.00554. The van der Waals surface area contributed by atoms with Gasteiger partial charge >= 0.3 is 5.97 Å². The average Bonchev–Trinajstić information content (AvgIpc) is 3.72. The van der Waals surface area contributed by atoms with Crippen molar-refractivity contribution in [1.82, 2.24) is 20.7 Å². The zero-order valence-corrected chi connectivity index (χ0v) is 41.7. The van der Waals surface area contributed by atoms with Gasteiger partial charge in [-0.2, -0.15) is 0 Å². The second-order valence-corrected chi connectivity index (χ2v) is 17.8. The van der Waals surface area contributed by atoms with Crippen molar-refractivity contribution in [3.8, 4) is 0 Å². The van der Waals surface area contributed by atoms with Crippen molar-refractivity contribution in [2.75, 3.05) is 39.0 Å². The fourth-order valence-electron chi connectivity index (χ4n) is 8.02. The van der Waals surface area contributed by atoms with E-state index in [1.54, 1.807) is 0 Å². The van der Waals surface area contributed by atoms with Gasteiger partial charge in [0, 0.05) is 26.5 Å². The van der Waals surface area contributed by atoms with Gasteiger partial charge < -0.3 is 24.9 Å². The Labute approximate surface area is 386 Å².